The molecule has 0 spiro atoms. The molecule has 4 nitrogen and oxygen atoms in total. The Morgan fingerprint density at radius 2 is 1.79 bits per heavy atom. The van der Waals surface area contributed by atoms with Crippen LogP contribution in [0.1, 0.15) is 15.9 Å². The number of halogens is 2. The molecule has 0 unspecified atom stereocenters. The van der Waals surface area contributed by atoms with Crippen molar-refractivity contribution in [3.8, 4) is 0 Å². The van der Waals surface area contributed by atoms with Crippen molar-refractivity contribution in [3.63, 3.8) is 0 Å². The largest absolute Gasteiger partial charge is 0.379 e. The Labute approximate surface area is 151 Å². The second-order valence-electron chi connectivity index (χ2n) is 5.66. The second kappa shape index (κ2) is 7.99. The Hall–Kier alpha value is -1.59. The summed E-state index contributed by atoms with van der Waals surface area (Å²) in [6, 6.07) is 12.4. The molecular weight excluding hydrogens is 347 g/mol. The van der Waals surface area contributed by atoms with E-state index in [0.717, 1.165) is 38.4 Å². The van der Waals surface area contributed by atoms with Crippen LogP contribution >= 0.6 is 23.2 Å². The number of anilines is 1. The standard InChI is InChI=1S/C18H18Cl2N2O2/c19-15-4-1-13(2-5-15)18(23)21-16-6-3-14(17(20)11-16)12-22-7-9-24-10-8-22/h1-6,11H,7-10,12H2,(H,21,23). The number of benzene rings is 2. The summed E-state index contributed by atoms with van der Waals surface area (Å²) in [6.45, 7) is 4.12. The van der Waals surface area contributed by atoms with Gasteiger partial charge >= 0.3 is 0 Å². The lowest BCUT2D eigenvalue weighted by atomic mass is 10.1. The van der Waals surface area contributed by atoms with E-state index in [1.807, 2.05) is 12.1 Å². The van der Waals surface area contributed by atoms with Crippen LogP contribution in [0.2, 0.25) is 10.0 Å². The Balaban J connectivity index is 1.65. The highest BCUT2D eigenvalue weighted by atomic mass is 35.5. The zero-order chi connectivity index (χ0) is 16.9. The highest BCUT2D eigenvalue weighted by molar-refractivity contribution is 6.31. The van der Waals surface area contributed by atoms with Crippen LogP contribution in [0.4, 0.5) is 5.69 Å². The van der Waals surface area contributed by atoms with Crippen LogP contribution < -0.4 is 5.32 Å². The monoisotopic (exact) mass is 364 g/mol. The van der Waals surface area contributed by atoms with Gasteiger partial charge < -0.3 is 10.1 Å². The fourth-order valence-corrected chi connectivity index (χ4v) is 2.92. The van der Waals surface area contributed by atoms with Crippen molar-refractivity contribution in [1.29, 1.82) is 0 Å². The predicted octanol–water partition coefficient (Wildman–Crippen LogP) is 4.08. The van der Waals surface area contributed by atoms with E-state index in [-0.39, 0.29) is 5.91 Å². The summed E-state index contributed by atoms with van der Waals surface area (Å²) in [6.07, 6.45) is 0. The van der Waals surface area contributed by atoms with E-state index >= 15 is 0 Å². The Bertz CT molecular complexity index is 713. The molecular formula is C18H18Cl2N2O2. The van der Waals surface area contributed by atoms with Crippen LogP contribution in [0, 0.1) is 0 Å². The van der Waals surface area contributed by atoms with Crippen LogP contribution in [0.15, 0.2) is 42.5 Å². The van der Waals surface area contributed by atoms with E-state index in [0.29, 0.717) is 21.3 Å². The van der Waals surface area contributed by atoms with Crippen LogP contribution in [0.25, 0.3) is 0 Å². The molecule has 0 radical (unpaired) electrons. The zero-order valence-corrected chi connectivity index (χ0v) is 14.6. The third kappa shape index (κ3) is 4.48. The van der Waals surface area contributed by atoms with E-state index in [2.05, 4.69) is 10.2 Å². The first-order chi connectivity index (χ1) is 11.6. The lowest BCUT2D eigenvalue weighted by Crippen LogP contribution is -2.35. The molecule has 2 aromatic carbocycles. The highest BCUT2D eigenvalue weighted by Gasteiger charge is 2.13. The normalized spacial score (nSPS) is 15.2. The maximum Gasteiger partial charge on any atom is 0.255 e. The number of carbonyl (C=O) groups excluding carboxylic acids is 1. The maximum atomic E-state index is 12.2. The average molecular weight is 365 g/mol. The van der Waals surface area contributed by atoms with Crippen molar-refractivity contribution in [1.82, 2.24) is 4.90 Å². The molecule has 1 aliphatic heterocycles. The van der Waals surface area contributed by atoms with Gasteiger partial charge in [0, 0.05) is 40.9 Å². The first kappa shape index (κ1) is 17.2. The van der Waals surface area contributed by atoms with E-state index in [9.17, 15) is 4.79 Å². The predicted molar refractivity (Wildman–Crippen MR) is 97.0 cm³/mol. The van der Waals surface area contributed by atoms with Crippen LogP contribution in [-0.2, 0) is 11.3 Å². The van der Waals surface area contributed by atoms with Gasteiger partial charge in [0.1, 0.15) is 0 Å². The first-order valence-corrected chi connectivity index (χ1v) is 8.53. The minimum absolute atomic E-state index is 0.191. The molecule has 1 saturated heterocycles. The molecule has 1 amide bonds. The van der Waals surface area contributed by atoms with Gasteiger partial charge in [-0.2, -0.15) is 0 Å². The summed E-state index contributed by atoms with van der Waals surface area (Å²) in [4.78, 5) is 14.5. The number of nitrogens with zero attached hydrogens (tertiary/aromatic N) is 1. The summed E-state index contributed by atoms with van der Waals surface area (Å²) < 4.78 is 5.35. The fourth-order valence-electron chi connectivity index (χ4n) is 2.56. The number of nitrogens with one attached hydrogen (secondary N) is 1. The van der Waals surface area contributed by atoms with Gasteiger partial charge in [-0.25, -0.2) is 0 Å². The van der Waals surface area contributed by atoms with E-state index in [1.165, 1.54) is 0 Å². The topological polar surface area (TPSA) is 41.6 Å². The Morgan fingerprint density at radius 1 is 1.08 bits per heavy atom. The number of rotatable bonds is 4. The van der Waals surface area contributed by atoms with Gasteiger partial charge in [-0.1, -0.05) is 29.3 Å². The maximum absolute atomic E-state index is 12.2. The van der Waals surface area contributed by atoms with Crippen molar-refractivity contribution < 1.29 is 9.53 Å². The fraction of sp³-hybridized carbons (Fsp3) is 0.278. The van der Waals surface area contributed by atoms with Crippen LogP contribution in [0.5, 0.6) is 0 Å². The smallest absolute Gasteiger partial charge is 0.255 e. The second-order valence-corrected chi connectivity index (χ2v) is 6.50. The van der Waals surface area contributed by atoms with Crippen molar-refractivity contribution in [2.45, 2.75) is 6.54 Å². The van der Waals surface area contributed by atoms with Crippen molar-refractivity contribution in [2.24, 2.45) is 0 Å². The van der Waals surface area contributed by atoms with Gasteiger partial charge in [0.05, 0.1) is 13.2 Å². The van der Waals surface area contributed by atoms with Gasteiger partial charge in [0.25, 0.3) is 5.91 Å². The minimum Gasteiger partial charge on any atom is -0.379 e. The number of carbonyl (C=O) groups is 1. The molecule has 1 heterocycles. The van der Waals surface area contributed by atoms with Gasteiger partial charge in [0.2, 0.25) is 0 Å². The molecule has 0 bridgehead atoms. The highest BCUT2D eigenvalue weighted by Crippen LogP contribution is 2.23. The van der Waals surface area contributed by atoms with E-state index in [1.54, 1.807) is 30.3 Å². The number of hydrogen-bond acceptors (Lipinski definition) is 3. The van der Waals surface area contributed by atoms with Gasteiger partial charge in [-0.15, -0.1) is 0 Å². The number of hydrogen-bond donors (Lipinski definition) is 1. The molecule has 6 heteroatoms. The van der Waals surface area contributed by atoms with Gasteiger partial charge in [0.15, 0.2) is 0 Å². The summed E-state index contributed by atoms with van der Waals surface area (Å²) >= 11 is 12.2. The van der Waals surface area contributed by atoms with Crippen molar-refractivity contribution in [2.75, 3.05) is 31.6 Å². The summed E-state index contributed by atoms with van der Waals surface area (Å²) in [5, 5.41) is 4.10. The molecule has 0 saturated carbocycles. The Kier molecular flexibility index (Phi) is 5.74. The lowest BCUT2D eigenvalue weighted by molar-refractivity contribution is 0.0342. The number of morpholine rings is 1. The lowest BCUT2D eigenvalue weighted by Gasteiger charge is -2.27. The summed E-state index contributed by atoms with van der Waals surface area (Å²) in [7, 11) is 0. The number of ether oxygens (including phenoxy) is 1. The number of amides is 1. The molecule has 0 atom stereocenters. The minimum atomic E-state index is -0.191. The summed E-state index contributed by atoms with van der Waals surface area (Å²) in [5.41, 5.74) is 2.27. The molecule has 0 aromatic heterocycles. The molecule has 3 rings (SSSR count). The molecule has 0 aliphatic carbocycles. The molecule has 1 aliphatic rings. The van der Waals surface area contributed by atoms with Crippen molar-refractivity contribution in [3.05, 3.63) is 63.6 Å². The molecule has 1 N–H and O–H groups in total. The van der Waals surface area contributed by atoms with Crippen molar-refractivity contribution >= 4 is 34.8 Å². The Morgan fingerprint density at radius 3 is 2.46 bits per heavy atom. The third-order valence-electron chi connectivity index (χ3n) is 3.92. The average Bonchev–Trinajstić information content (AvgIpc) is 2.59. The quantitative estimate of drug-likeness (QED) is 0.888. The SMILES string of the molecule is O=C(Nc1ccc(CN2CCOCC2)c(Cl)c1)c1ccc(Cl)cc1. The molecule has 1 fully saturated rings. The summed E-state index contributed by atoms with van der Waals surface area (Å²) in [5.74, 6) is -0.191. The third-order valence-corrected chi connectivity index (χ3v) is 4.52. The molecule has 24 heavy (non-hydrogen) atoms. The van der Waals surface area contributed by atoms with Gasteiger partial charge in [-0.05, 0) is 42.0 Å². The van der Waals surface area contributed by atoms with Gasteiger partial charge in [-0.3, -0.25) is 9.69 Å². The molecule has 126 valence electrons. The zero-order valence-electron chi connectivity index (χ0n) is 13.1. The first-order valence-electron chi connectivity index (χ1n) is 7.77. The van der Waals surface area contributed by atoms with E-state index in [4.69, 9.17) is 27.9 Å². The van der Waals surface area contributed by atoms with E-state index < -0.39 is 0 Å². The van der Waals surface area contributed by atoms with Crippen LogP contribution in [-0.4, -0.2) is 37.1 Å². The van der Waals surface area contributed by atoms with Crippen LogP contribution in [0.3, 0.4) is 0 Å². The molecule has 2 aromatic rings.